The van der Waals surface area contributed by atoms with Crippen molar-refractivity contribution in [3.05, 3.63) is 41.1 Å². The molecule has 9 heteroatoms. The van der Waals surface area contributed by atoms with E-state index in [0.29, 0.717) is 39.1 Å². The number of ether oxygens (including phenoxy) is 2. The molecule has 0 unspecified atom stereocenters. The molecular weight excluding hydrogens is 444 g/mol. The molecular formula is C25H27F2N3O4. The van der Waals surface area contributed by atoms with Crippen LogP contribution < -0.4 is 0 Å². The van der Waals surface area contributed by atoms with E-state index < -0.39 is 34.9 Å². The third-order valence-corrected chi connectivity index (χ3v) is 6.92. The molecule has 0 amide bonds. The fraction of sp³-hybridized carbons (Fsp3) is 0.480. The fourth-order valence-corrected chi connectivity index (χ4v) is 5.05. The lowest BCUT2D eigenvalue weighted by molar-refractivity contribution is 0.0523. The summed E-state index contributed by atoms with van der Waals surface area (Å²) in [7, 11) is 0. The van der Waals surface area contributed by atoms with E-state index in [4.69, 9.17) is 9.47 Å². The van der Waals surface area contributed by atoms with Crippen molar-refractivity contribution in [2.24, 2.45) is 11.3 Å². The quantitative estimate of drug-likeness (QED) is 0.520. The summed E-state index contributed by atoms with van der Waals surface area (Å²) in [5.41, 5.74) is 1.28. The maximum atomic E-state index is 14.4. The molecule has 2 aliphatic rings. The normalized spacial score (nSPS) is 22.7. The van der Waals surface area contributed by atoms with Gasteiger partial charge in [-0.3, -0.25) is 5.10 Å². The number of carbonyl (C=O) groups excluding carboxylic acids is 2. The van der Waals surface area contributed by atoms with Crippen molar-refractivity contribution in [2.75, 3.05) is 6.61 Å². The van der Waals surface area contributed by atoms with Crippen LogP contribution in [0, 0.1) is 11.3 Å². The molecule has 0 spiro atoms. The van der Waals surface area contributed by atoms with Crippen LogP contribution in [-0.4, -0.2) is 45.0 Å². The Hall–Kier alpha value is -3.23. The van der Waals surface area contributed by atoms with Gasteiger partial charge in [-0.1, -0.05) is 6.92 Å². The van der Waals surface area contributed by atoms with Crippen LogP contribution in [0.2, 0.25) is 0 Å². The first-order valence-electron chi connectivity index (χ1n) is 11.4. The van der Waals surface area contributed by atoms with Crippen LogP contribution in [0.1, 0.15) is 56.2 Å². The first-order valence-corrected chi connectivity index (χ1v) is 11.4. The molecule has 1 saturated carbocycles. The average Bonchev–Trinajstić information content (AvgIpc) is 3.11. The second-order valence-corrected chi connectivity index (χ2v) is 10.3. The smallest absolute Gasteiger partial charge is 0.419 e. The SMILES string of the molecule is CCOC(=O)c1ccc2c(c1)cc(-c1n[nH]c3c1C[C@@H]1C(F)(F)[C@]1(C)C3)n2C(=O)OC(C)(C)C. The molecule has 0 bridgehead atoms. The Bertz CT molecular complexity index is 1330. The zero-order valence-electron chi connectivity index (χ0n) is 19.8. The maximum absolute atomic E-state index is 14.4. The Morgan fingerprint density at radius 1 is 1.26 bits per heavy atom. The van der Waals surface area contributed by atoms with Gasteiger partial charge in [-0.05, 0) is 58.4 Å². The Morgan fingerprint density at radius 3 is 2.68 bits per heavy atom. The van der Waals surface area contributed by atoms with Crippen LogP contribution >= 0.6 is 0 Å². The monoisotopic (exact) mass is 471 g/mol. The number of halogens is 2. The zero-order chi connectivity index (χ0) is 24.6. The van der Waals surface area contributed by atoms with Gasteiger partial charge < -0.3 is 9.47 Å². The molecule has 2 atom stereocenters. The minimum atomic E-state index is -2.73. The highest BCUT2D eigenvalue weighted by atomic mass is 19.3. The van der Waals surface area contributed by atoms with Crippen molar-refractivity contribution in [2.45, 2.75) is 59.0 Å². The summed E-state index contributed by atoms with van der Waals surface area (Å²) >= 11 is 0. The number of hydrogen-bond acceptors (Lipinski definition) is 5. The van der Waals surface area contributed by atoms with Gasteiger partial charge in [0.2, 0.25) is 0 Å². The molecule has 0 aliphatic heterocycles. The number of rotatable bonds is 3. The standard InChI is InChI=1S/C25H27F2N3O4/c1-6-33-21(31)13-7-8-17-14(9-13)10-18(30(17)22(32)34-23(2,3)4)20-15-11-19-24(5,25(19,26)27)12-16(15)28-29-20/h7-10,19H,6,11-12H2,1-5H3,(H,28,29)/t19-,24+/m0/s1. The highest BCUT2D eigenvalue weighted by Gasteiger charge is 2.78. The molecule has 180 valence electrons. The Balaban J connectivity index is 1.65. The number of fused-ring (bicyclic) bond motifs is 3. The van der Waals surface area contributed by atoms with Crippen molar-refractivity contribution in [3.8, 4) is 11.4 Å². The number of esters is 1. The molecule has 7 nitrogen and oxygen atoms in total. The highest BCUT2D eigenvalue weighted by Crippen LogP contribution is 2.70. The second-order valence-electron chi connectivity index (χ2n) is 10.3. The zero-order valence-corrected chi connectivity index (χ0v) is 19.8. The topological polar surface area (TPSA) is 86.2 Å². The second kappa shape index (κ2) is 7.13. The van der Waals surface area contributed by atoms with Crippen LogP contribution in [0.4, 0.5) is 13.6 Å². The van der Waals surface area contributed by atoms with Gasteiger partial charge >= 0.3 is 12.1 Å². The summed E-state index contributed by atoms with van der Waals surface area (Å²) in [4.78, 5) is 25.5. The van der Waals surface area contributed by atoms with E-state index in [9.17, 15) is 18.4 Å². The minimum Gasteiger partial charge on any atom is -0.462 e. The van der Waals surface area contributed by atoms with Crippen LogP contribution in [0.5, 0.6) is 0 Å². The first kappa shape index (κ1) is 22.6. The number of aromatic amines is 1. The predicted octanol–water partition coefficient (Wildman–Crippen LogP) is 5.36. The lowest BCUT2D eigenvalue weighted by atomic mass is 9.87. The molecule has 0 saturated heterocycles. The molecule has 34 heavy (non-hydrogen) atoms. The number of H-pyrrole nitrogens is 1. The lowest BCUT2D eigenvalue weighted by Crippen LogP contribution is -2.27. The van der Waals surface area contributed by atoms with E-state index in [1.165, 1.54) is 4.57 Å². The number of nitrogens with one attached hydrogen (secondary N) is 1. The molecule has 0 radical (unpaired) electrons. The molecule has 3 aromatic rings. The molecule has 1 N–H and O–H groups in total. The van der Waals surface area contributed by atoms with Crippen LogP contribution in [-0.2, 0) is 22.3 Å². The van der Waals surface area contributed by atoms with E-state index in [0.717, 1.165) is 0 Å². The van der Waals surface area contributed by atoms with Crippen molar-refractivity contribution in [1.82, 2.24) is 14.8 Å². The van der Waals surface area contributed by atoms with Gasteiger partial charge in [0.1, 0.15) is 11.3 Å². The van der Waals surface area contributed by atoms with Crippen LogP contribution in [0.25, 0.3) is 22.3 Å². The van der Waals surface area contributed by atoms with E-state index in [1.807, 2.05) is 0 Å². The largest absolute Gasteiger partial charge is 0.462 e. The lowest BCUT2D eigenvalue weighted by Gasteiger charge is -2.21. The number of hydrogen-bond donors (Lipinski definition) is 1. The minimum absolute atomic E-state index is 0.175. The van der Waals surface area contributed by atoms with Gasteiger partial charge in [0.25, 0.3) is 5.92 Å². The van der Waals surface area contributed by atoms with Crippen molar-refractivity contribution < 1.29 is 27.8 Å². The molecule has 5 rings (SSSR count). The third kappa shape index (κ3) is 3.24. The Labute approximate surface area is 195 Å². The van der Waals surface area contributed by atoms with Crippen molar-refractivity contribution >= 4 is 23.0 Å². The molecule has 1 fully saturated rings. The van der Waals surface area contributed by atoms with Gasteiger partial charge in [0.15, 0.2) is 0 Å². The number of benzene rings is 1. The van der Waals surface area contributed by atoms with E-state index >= 15 is 0 Å². The molecule has 1 aromatic carbocycles. The molecule has 2 heterocycles. The maximum Gasteiger partial charge on any atom is 0.419 e. The van der Waals surface area contributed by atoms with Gasteiger partial charge in [0, 0.05) is 34.4 Å². The van der Waals surface area contributed by atoms with E-state index in [2.05, 4.69) is 10.2 Å². The van der Waals surface area contributed by atoms with Gasteiger partial charge in [-0.25, -0.2) is 22.9 Å². The van der Waals surface area contributed by atoms with Crippen LogP contribution in [0.3, 0.4) is 0 Å². The predicted molar refractivity (Wildman–Crippen MR) is 121 cm³/mol. The number of aromatic nitrogens is 3. The van der Waals surface area contributed by atoms with E-state index in [1.54, 1.807) is 58.9 Å². The summed E-state index contributed by atoms with van der Waals surface area (Å²) in [5.74, 6) is -3.95. The van der Waals surface area contributed by atoms with E-state index in [-0.39, 0.29) is 19.4 Å². The van der Waals surface area contributed by atoms with Gasteiger partial charge in [-0.15, -0.1) is 0 Å². The number of alkyl halides is 2. The van der Waals surface area contributed by atoms with Gasteiger partial charge in [-0.2, -0.15) is 5.10 Å². The summed E-state index contributed by atoms with van der Waals surface area (Å²) < 4.78 is 41.0. The number of carbonyl (C=O) groups is 2. The third-order valence-electron chi connectivity index (χ3n) is 6.92. The summed E-state index contributed by atoms with van der Waals surface area (Å²) in [6.07, 6.45) is -0.239. The summed E-state index contributed by atoms with van der Waals surface area (Å²) in [6, 6.07) is 6.61. The van der Waals surface area contributed by atoms with Crippen molar-refractivity contribution in [3.63, 3.8) is 0 Å². The summed E-state index contributed by atoms with van der Waals surface area (Å²) in [5, 5.41) is 7.97. The highest BCUT2D eigenvalue weighted by molar-refractivity contribution is 6.00. The molecule has 2 aromatic heterocycles. The first-order chi connectivity index (χ1) is 15.9. The Kier molecular flexibility index (Phi) is 4.73. The Morgan fingerprint density at radius 2 is 2.00 bits per heavy atom. The number of nitrogens with zero attached hydrogens (tertiary/aromatic N) is 2. The fourth-order valence-electron chi connectivity index (χ4n) is 5.05. The van der Waals surface area contributed by atoms with Crippen molar-refractivity contribution in [1.29, 1.82) is 0 Å². The van der Waals surface area contributed by atoms with Crippen LogP contribution in [0.15, 0.2) is 24.3 Å². The average molecular weight is 472 g/mol. The van der Waals surface area contributed by atoms with Gasteiger partial charge in [0.05, 0.1) is 23.4 Å². The summed E-state index contributed by atoms with van der Waals surface area (Å²) in [6.45, 7) is 8.87. The molecule has 2 aliphatic carbocycles.